The SMILES string of the molecule is COc1ccc(C(=O)N(C)[C@]2(C(=O)C3CCN(C(=O)C4(C)CC4)CC3)CNC[C@H]2c2ccc(Cl)c(Cl)c2)cc1C(F)(F)F.O=C(O)c1ccc(Cl)cn1. The van der Waals surface area contributed by atoms with Gasteiger partial charge in [-0.2, -0.15) is 13.2 Å². The molecule has 6 rings (SSSR count). The molecule has 53 heavy (non-hydrogen) atoms. The van der Waals surface area contributed by atoms with Crippen LogP contribution in [0, 0.1) is 11.3 Å². The number of amides is 2. The second-order valence-corrected chi connectivity index (χ2v) is 15.0. The molecule has 2 saturated heterocycles. The molecule has 2 atom stereocenters. The first kappa shape index (κ1) is 40.3. The molecule has 3 aromatic rings. The highest BCUT2D eigenvalue weighted by atomic mass is 35.5. The standard InChI is InChI=1S/C31H34Cl2F3N3O4.C6H4ClNO2/c1-29(10-11-29)28(42)39-12-8-18(9-13-39)26(40)30(17-37-16-22(30)19-4-6-23(32)24(33)15-19)38(2)27(41)20-5-7-25(43-3)21(14-20)31(34,35)36;7-4-1-2-5(6(9)10)8-3-4/h4-7,14-15,18,22,37H,8-13,16-17H2,1-3H3;1-3H,(H,9,10)/t22-,30+;/m0./s1. The fraction of sp³-hybridized carbons (Fsp3) is 0.432. The molecule has 3 fully saturated rings. The first-order valence-corrected chi connectivity index (χ1v) is 17.9. The zero-order valence-corrected chi connectivity index (χ0v) is 31.4. The second-order valence-electron chi connectivity index (χ2n) is 13.7. The number of pyridine rings is 1. The third kappa shape index (κ3) is 8.43. The lowest BCUT2D eigenvalue weighted by Gasteiger charge is -2.45. The molecule has 2 amide bonds. The van der Waals surface area contributed by atoms with Crippen molar-refractivity contribution in [3.05, 3.63) is 92.2 Å². The van der Waals surface area contributed by atoms with Crippen LogP contribution in [0.15, 0.2) is 54.7 Å². The van der Waals surface area contributed by atoms with Crippen molar-refractivity contribution in [3.63, 3.8) is 0 Å². The zero-order valence-electron chi connectivity index (χ0n) is 29.1. The molecule has 16 heteroatoms. The molecular weight excluding hydrogens is 760 g/mol. The summed E-state index contributed by atoms with van der Waals surface area (Å²) in [7, 11) is 2.59. The topological polar surface area (TPSA) is 129 Å². The normalized spacial score (nSPS) is 20.9. The van der Waals surface area contributed by atoms with Crippen LogP contribution in [0.4, 0.5) is 13.2 Å². The van der Waals surface area contributed by atoms with Gasteiger partial charge in [0.1, 0.15) is 17.0 Å². The molecule has 1 aromatic heterocycles. The Morgan fingerprint density at radius 2 is 1.68 bits per heavy atom. The Bertz CT molecular complexity index is 1880. The number of likely N-dealkylation sites (N-methyl/N-ethyl adjacent to an activating group) is 1. The maximum Gasteiger partial charge on any atom is 0.419 e. The molecule has 1 saturated carbocycles. The Balaban J connectivity index is 0.000000469. The van der Waals surface area contributed by atoms with Gasteiger partial charge in [-0.3, -0.25) is 14.4 Å². The van der Waals surface area contributed by atoms with Crippen LogP contribution in [0.5, 0.6) is 5.75 Å². The van der Waals surface area contributed by atoms with Crippen LogP contribution in [-0.2, 0) is 15.8 Å². The van der Waals surface area contributed by atoms with E-state index in [0.717, 1.165) is 32.1 Å². The summed E-state index contributed by atoms with van der Waals surface area (Å²) in [6.07, 6.45) is -0.879. The number of nitrogens with zero attached hydrogens (tertiary/aromatic N) is 3. The van der Waals surface area contributed by atoms with E-state index in [1.807, 2.05) is 11.8 Å². The average molecular weight is 798 g/mol. The lowest BCUT2D eigenvalue weighted by molar-refractivity contribution is -0.142. The Labute approximate surface area is 319 Å². The highest BCUT2D eigenvalue weighted by molar-refractivity contribution is 6.42. The van der Waals surface area contributed by atoms with Crippen molar-refractivity contribution in [2.45, 2.75) is 50.2 Å². The molecular formula is C37H38Cl3F3N4O6. The van der Waals surface area contributed by atoms with E-state index in [1.54, 1.807) is 18.2 Å². The Morgan fingerprint density at radius 1 is 1.00 bits per heavy atom. The fourth-order valence-electron chi connectivity index (χ4n) is 7.02. The summed E-state index contributed by atoms with van der Waals surface area (Å²) >= 11 is 18.0. The number of likely N-dealkylation sites (tertiary alicyclic amines) is 1. The molecule has 0 unspecified atom stereocenters. The number of halogens is 6. The third-order valence-electron chi connectivity index (χ3n) is 10.4. The van der Waals surface area contributed by atoms with E-state index >= 15 is 0 Å². The van der Waals surface area contributed by atoms with Crippen molar-refractivity contribution in [3.8, 4) is 5.75 Å². The summed E-state index contributed by atoms with van der Waals surface area (Å²) in [4.78, 5) is 58.4. The van der Waals surface area contributed by atoms with E-state index < -0.39 is 46.7 Å². The van der Waals surface area contributed by atoms with Gasteiger partial charge in [0.15, 0.2) is 5.78 Å². The van der Waals surface area contributed by atoms with Gasteiger partial charge in [0.25, 0.3) is 5.91 Å². The summed E-state index contributed by atoms with van der Waals surface area (Å²) in [6.45, 7) is 3.23. The summed E-state index contributed by atoms with van der Waals surface area (Å²) in [5.41, 5.74) is -2.38. The van der Waals surface area contributed by atoms with Crippen LogP contribution in [0.3, 0.4) is 0 Å². The number of nitrogens with one attached hydrogen (secondary N) is 1. The monoisotopic (exact) mass is 796 g/mol. The molecule has 0 spiro atoms. The number of Topliss-reactive ketones (excluding diaryl/α,β-unsaturated/α-hetero) is 1. The maximum absolute atomic E-state index is 14.7. The van der Waals surface area contributed by atoms with Gasteiger partial charge in [-0.15, -0.1) is 0 Å². The number of carboxylic acids is 1. The van der Waals surface area contributed by atoms with Gasteiger partial charge < -0.3 is 25.0 Å². The molecule has 2 aliphatic heterocycles. The van der Waals surface area contributed by atoms with Crippen LogP contribution in [0.25, 0.3) is 0 Å². The molecule has 0 radical (unpaired) electrons. The minimum absolute atomic E-state index is 0.00407. The van der Waals surface area contributed by atoms with Gasteiger partial charge in [-0.05, 0) is 73.7 Å². The van der Waals surface area contributed by atoms with Gasteiger partial charge in [0.05, 0.1) is 27.7 Å². The lowest BCUT2D eigenvalue weighted by atomic mass is 9.71. The number of aromatic carboxylic acids is 1. The number of carbonyl (C=O) groups is 4. The van der Waals surface area contributed by atoms with Gasteiger partial charge in [0, 0.05) is 62.2 Å². The largest absolute Gasteiger partial charge is 0.496 e. The van der Waals surface area contributed by atoms with Crippen LogP contribution >= 0.6 is 34.8 Å². The van der Waals surface area contributed by atoms with Crippen molar-refractivity contribution in [1.82, 2.24) is 20.1 Å². The minimum Gasteiger partial charge on any atom is -0.496 e. The lowest BCUT2D eigenvalue weighted by Crippen LogP contribution is -2.62. The number of benzene rings is 2. The first-order valence-electron chi connectivity index (χ1n) is 16.8. The minimum atomic E-state index is -4.76. The molecule has 3 aliphatic rings. The second kappa shape index (κ2) is 15.8. The number of aromatic nitrogens is 1. The highest BCUT2D eigenvalue weighted by Gasteiger charge is 2.56. The smallest absolute Gasteiger partial charge is 0.419 e. The van der Waals surface area contributed by atoms with E-state index in [4.69, 9.17) is 44.6 Å². The predicted molar refractivity (Wildman–Crippen MR) is 193 cm³/mol. The number of piperidine rings is 1. The molecule has 10 nitrogen and oxygen atoms in total. The van der Waals surface area contributed by atoms with Crippen LogP contribution < -0.4 is 10.1 Å². The van der Waals surface area contributed by atoms with Gasteiger partial charge >= 0.3 is 12.1 Å². The summed E-state index contributed by atoms with van der Waals surface area (Å²) in [6, 6.07) is 11.0. The summed E-state index contributed by atoms with van der Waals surface area (Å²) in [5.74, 6) is -3.29. The number of methoxy groups -OCH3 is 1. The van der Waals surface area contributed by atoms with Crippen molar-refractivity contribution in [2.75, 3.05) is 40.3 Å². The van der Waals surface area contributed by atoms with Crippen molar-refractivity contribution < 1.29 is 42.2 Å². The molecule has 3 heterocycles. The van der Waals surface area contributed by atoms with Crippen molar-refractivity contribution in [2.24, 2.45) is 11.3 Å². The quantitative estimate of drug-likeness (QED) is 0.244. The third-order valence-corrected chi connectivity index (χ3v) is 11.3. The number of ether oxygens (including phenoxy) is 1. The summed E-state index contributed by atoms with van der Waals surface area (Å²) < 4.78 is 46.4. The number of hydrogen-bond donors (Lipinski definition) is 2. The van der Waals surface area contributed by atoms with E-state index in [2.05, 4.69) is 10.3 Å². The van der Waals surface area contributed by atoms with E-state index in [9.17, 15) is 32.3 Å². The molecule has 284 valence electrons. The van der Waals surface area contributed by atoms with E-state index in [-0.39, 0.29) is 39.9 Å². The fourth-order valence-corrected chi connectivity index (χ4v) is 7.44. The number of hydrogen-bond acceptors (Lipinski definition) is 7. The first-order chi connectivity index (χ1) is 24.9. The van der Waals surface area contributed by atoms with Crippen molar-refractivity contribution >= 4 is 58.4 Å². The number of rotatable bonds is 8. The van der Waals surface area contributed by atoms with Crippen LogP contribution in [0.2, 0.25) is 15.1 Å². The Kier molecular flexibility index (Phi) is 12.0. The van der Waals surface area contributed by atoms with E-state index in [0.29, 0.717) is 48.1 Å². The van der Waals surface area contributed by atoms with Gasteiger partial charge in [-0.25, -0.2) is 9.78 Å². The Morgan fingerprint density at radius 3 is 2.23 bits per heavy atom. The highest BCUT2D eigenvalue weighted by Crippen LogP contribution is 2.48. The van der Waals surface area contributed by atoms with Crippen molar-refractivity contribution in [1.29, 1.82) is 0 Å². The zero-order chi connectivity index (χ0) is 38.9. The van der Waals surface area contributed by atoms with Crippen LogP contribution in [0.1, 0.15) is 70.5 Å². The molecule has 0 bridgehead atoms. The average Bonchev–Trinajstić information content (AvgIpc) is 3.74. The maximum atomic E-state index is 14.7. The van der Waals surface area contributed by atoms with Gasteiger partial charge in [0.2, 0.25) is 5.91 Å². The molecule has 2 aromatic carbocycles. The number of ketones is 1. The molecule has 2 N–H and O–H groups in total. The predicted octanol–water partition coefficient (Wildman–Crippen LogP) is 7.26. The molecule has 1 aliphatic carbocycles. The number of carboxylic acid groups (broad SMARTS) is 1. The number of carbonyl (C=O) groups excluding carboxylic acids is 3. The summed E-state index contributed by atoms with van der Waals surface area (Å²) in [5, 5.41) is 12.7. The van der Waals surface area contributed by atoms with E-state index in [1.165, 1.54) is 36.3 Å². The number of alkyl halides is 3. The Hall–Kier alpha value is -3.91. The van der Waals surface area contributed by atoms with Crippen LogP contribution in [-0.4, -0.2) is 89.3 Å². The van der Waals surface area contributed by atoms with Gasteiger partial charge in [-0.1, -0.05) is 47.8 Å².